The number of H-pyrrole nitrogens is 1. The van der Waals surface area contributed by atoms with E-state index in [1.54, 1.807) is 6.07 Å². The van der Waals surface area contributed by atoms with E-state index in [0.717, 1.165) is 17.3 Å². The van der Waals surface area contributed by atoms with Gasteiger partial charge in [0.1, 0.15) is 10.7 Å². The van der Waals surface area contributed by atoms with Gasteiger partial charge in [-0.2, -0.15) is 5.26 Å². The zero-order chi connectivity index (χ0) is 19.6. The Balaban J connectivity index is 1.93. The fraction of sp³-hybridized carbons (Fsp3) is 0.105. The number of aromatic amines is 1. The number of aromatic nitrogens is 1. The molecule has 0 aliphatic heterocycles. The molecule has 0 spiro atoms. The van der Waals surface area contributed by atoms with Gasteiger partial charge in [-0.1, -0.05) is 18.2 Å². The molecule has 1 heterocycles. The summed E-state index contributed by atoms with van der Waals surface area (Å²) in [4.78, 5) is 4.87. The lowest BCUT2D eigenvalue weighted by Crippen LogP contribution is -2.13. The maximum Gasteiger partial charge on any atom is 0.263 e. The van der Waals surface area contributed by atoms with E-state index in [4.69, 9.17) is 5.26 Å². The van der Waals surface area contributed by atoms with Crippen molar-refractivity contribution in [2.45, 2.75) is 4.90 Å². The van der Waals surface area contributed by atoms with Gasteiger partial charge in [0.25, 0.3) is 10.0 Å². The topological polar surface area (TPSA) is 89.0 Å². The van der Waals surface area contributed by atoms with E-state index in [0.29, 0.717) is 5.69 Å². The highest BCUT2D eigenvalue weighted by molar-refractivity contribution is 7.92. The van der Waals surface area contributed by atoms with E-state index in [9.17, 15) is 12.8 Å². The fourth-order valence-electron chi connectivity index (χ4n) is 2.65. The van der Waals surface area contributed by atoms with Crippen LogP contribution >= 0.6 is 0 Å². The van der Waals surface area contributed by atoms with E-state index >= 15 is 0 Å². The first-order chi connectivity index (χ1) is 12.8. The summed E-state index contributed by atoms with van der Waals surface area (Å²) < 4.78 is 41.4. The van der Waals surface area contributed by atoms with Gasteiger partial charge in [0, 0.05) is 37.2 Å². The third kappa shape index (κ3) is 3.78. The van der Waals surface area contributed by atoms with Gasteiger partial charge in [-0.15, -0.1) is 0 Å². The molecule has 0 amide bonds. The lowest BCUT2D eigenvalue weighted by Gasteiger charge is -2.16. The molecule has 0 bridgehead atoms. The maximum absolute atomic E-state index is 14.0. The van der Waals surface area contributed by atoms with Crippen molar-refractivity contribution in [3.8, 4) is 17.3 Å². The van der Waals surface area contributed by atoms with Crippen LogP contribution in [0.3, 0.4) is 0 Å². The van der Waals surface area contributed by atoms with Crippen LogP contribution < -0.4 is 9.62 Å². The van der Waals surface area contributed by atoms with Gasteiger partial charge in [0.15, 0.2) is 0 Å². The number of hydrogen-bond donors (Lipinski definition) is 2. The van der Waals surface area contributed by atoms with E-state index in [-0.39, 0.29) is 16.1 Å². The van der Waals surface area contributed by atoms with Gasteiger partial charge in [0.2, 0.25) is 0 Å². The van der Waals surface area contributed by atoms with Gasteiger partial charge in [0.05, 0.1) is 17.3 Å². The Morgan fingerprint density at radius 3 is 2.56 bits per heavy atom. The van der Waals surface area contributed by atoms with Crippen LogP contribution in [-0.2, 0) is 10.0 Å². The quantitative estimate of drug-likeness (QED) is 0.704. The Bertz CT molecular complexity index is 1130. The Labute approximate surface area is 156 Å². The molecule has 0 aliphatic rings. The zero-order valence-corrected chi connectivity index (χ0v) is 15.5. The first-order valence-corrected chi connectivity index (χ1v) is 9.48. The monoisotopic (exact) mass is 384 g/mol. The summed E-state index contributed by atoms with van der Waals surface area (Å²) in [6.07, 6.45) is 1.35. The van der Waals surface area contributed by atoms with E-state index in [1.807, 2.05) is 43.3 Å². The third-order valence-corrected chi connectivity index (χ3v) is 5.33. The molecule has 1 aromatic heterocycles. The molecule has 0 saturated heterocycles. The lowest BCUT2D eigenvalue weighted by molar-refractivity contribution is 0.598. The molecule has 2 aromatic carbocycles. The minimum absolute atomic E-state index is 0.0187. The standard InChI is InChI=1S/C19H17FN4O2S/c1-24(2)19-6-4-3-5-15(19)18-10-14(12-22-18)27(25,26)23-17-8-7-13(11-21)9-16(17)20/h3-10,12,22-23H,1-2H3. The second-order valence-electron chi connectivity index (χ2n) is 6.07. The van der Waals surface area contributed by atoms with Crippen LogP contribution in [-0.4, -0.2) is 27.5 Å². The highest BCUT2D eigenvalue weighted by Crippen LogP contribution is 2.30. The largest absolute Gasteiger partial charge is 0.377 e. The van der Waals surface area contributed by atoms with Crippen molar-refractivity contribution in [2.75, 3.05) is 23.7 Å². The summed E-state index contributed by atoms with van der Waals surface area (Å²) in [6.45, 7) is 0. The SMILES string of the molecule is CN(C)c1ccccc1-c1cc(S(=O)(=O)Nc2ccc(C#N)cc2F)c[nH]1. The van der Waals surface area contributed by atoms with Crippen LogP contribution in [0.1, 0.15) is 5.56 Å². The van der Waals surface area contributed by atoms with Crippen LogP contribution in [0.15, 0.2) is 59.6 Å². The number of anilines is 2. The molecule has 2 N–H and O–H groups in total. The van der Waals surface area contributed by atoms with E-state index in [2.05, 4.69) is 9.71 Å². The summed E-state index contributed by atoms with van der Waals surface area (Å²) in [6, 6.07) is 14.4. The Morgan fingerprint density at radius 2 is 1.89 bits per heavy atom. The van der Waals surface area contributed by atoms with Gasteiger partial charge in [-0.25, -0.2) is 12.8 Å². The average Bonchev–Trinajstić information content (AvgIpc) is 3.14. The predicted octanol–water partition coefficient (Wildman–Crippen LogP) is 3.56. The highest BCUT2D eigenvalue weighted by Gasteiger charge is 2.19. The number of nitrogens with zero attached hydrogens (tertiary/aromatic N) is 2. The first kappa shape index (κ1) is 18.5. The van der Waals surface area contributed by atoms with Crippen LogP contribution in [0.5, 0.6) is 0 Å². The molecular formula is C19H17FN4O2S. The third-order valence-electron chi connectivity index (χ3n) is 3.99. The molecular weight excluding hydrogens is 367 g/mol. The van der Waals surface area contributed by atoms with Gasteiger partial charge in [-0.3, -0.25) is 4.72 Å². The number of rotatable bonds is 5. The molecule has 3 aromatic rings. The van der Waals surface area contributed by atoms with Gasteiger partial charge in [-0.05, 0) is 30.3 Å². The van der Waals surface area contributed by atoms with Crippen molar-refractivity contribution in [3.63, 3.8) is 0 Å². The molecule has 3 rings (SSSR count). The highest BCUT2D eigenvalue weighted by atomic mass is 32.2. The van der Waals surface area contributed by atoms with Crippen LogP contribution in [0.25, 0.3) is 11.3 Å². The number of para-hydroxylation sites is 1. The summed E-state index contributed by atoms with van der Waals surface area (Å²) in [5.41, 5.74) is 2.29. The Hall–Kier alpha value is -3.31. The van der Waals surface area contributed by atoms with Gasteiger partial charge < -0.3 is 9.88 Å². The van der Waals surface area contributed by atoms with Crippen molar-refractivity contribution in [2.24, 2.45) is 0 Å². The molecule has 0 saturated carbocycles. The minimum Gasteiger partial charge on any atom is -0.377 e. The summed E-state index contributed by atoms with van der Waals surface area (Å²) in [5, 5.41) is 8.77. The van der Waals surface area contributed by atoms with Crippen molar-refractivity contribution < 1.29 is 12.8 Å². The summed E-state index contributed by atoms with van der Waals surface area (Å²) in [5.74, 6) is -0.814. The molecule has 27 heavy (non-hydrogen) atoms. The number of hydrogen-bond acceptors (Lipinski definition) is 4. The number of nitrogens with one attached hydrogen (secondary N) is 2. The van der Waals surface area contributed by atoms with Crippen LogP contribution in [0, 0.1) is 17.1 Å². The smallest absolute Gasteiger partial charge is 0.263 e. The maximum atomic E-state index is 14.0. The zero-order valence-electron chi connectivity index (χ0n) is 14.7. The summed E-state index contributed by atoms with van der Waals surface area (Å²) in [7, 11) is -0.198. The molecule has 6 nitrogen and oxygen atoms in total. The van der Waals surface area contributed by atoms with Crippen LogP contribution in [0.2, 0.25) is 0 Å². The first-order valence-electron chi connectivity index (χ1n) is 7.99. The van der Waals surface area contributed by atoms with Crippen molar-refractivity contribution >= 4 is 21.4 Å². The number of halogens is 1. The normalized spacial score (nSPS) is 11.0. The van der Waals surface area contributed by atoms with Gasteiger partial charge >= 0.3 is 0 Å². The van der Waals surface area contributed by atoms with E-state index in [1.165, 1.54) is 24.4 Å². The van der Waals surface area contributed by atoms with Crippen molar-refractivity contribution in [1.82, 2.24) is 4.98 Å². The van der Waals surface area contributed by atoms with Crippen molar-refractivity contribution in [1.29, 1.82) is 5.26 Å². The molecule has 0 unspecified atom stereocenters. The Morgan fingerprint density at radius 1 is 1.15 bits per heavy atom. The summed E-state index contributed by atoms with van der Waals surface area (Å²) >= 11 is 0. The number of sulfonamides is 1. The van der Waals surface area contributed by atoms with Crippen LogP contribution in [0.4, 0.5) is 15.8 Å². The number of benzene rings is 2. The lowest BCUT2D eigenvalue weighted by atomic mass is 10.1. The Kier molecular flexibility index (Phi) is 4.88. The second-order valence-corrected chi connectivity index (χ2v) is 7.75. The second kappa shape index (κ2) is 7.13. The van der Waals surface area contributed by atoms with Crippen molar-refractivity contribution in [3.05, 3.63) is 66.1 Å². The fourth-order valence-corrected chi connectivity index (χ4v) is 3.71. The molecule has 8 heteroatoms. The number of nitriles is 1. The van der Waals surface area contributed by atoms with E-state index < -0.39 is 15.8 Å². The molecule has 0 fully saturated rings. The molecule has 0 atom stereocenters. The molecule has 138 valence electrons. The molecule has 0 radical (unpaired) electrons. The minimum atomic E-state index is -3.99. The molecule has 0 aliphatic carbocycles. The average molecular weight is 384 g/mol. The predicted molar refractivity (Wildman–Crippen MR) is 102 cm³/mol.